The minimum atomic E-state index is -1.25. The molecule has 2 N–H and O–H groups in total. The molecule has 0 aliphatic rings. The number of rotatable bonds is 3. The fourth-order valence-corrected chi connectivity index (χ4v) is 0.378. The van der Waals surface area contributed by atoms with Gasteiger partial charge in [-0.2, -0.15) is 0 Å². The molecule has 1 unspecified atom stereocenters. The lowest BCUT2D eigenvalue weighted by molar-refractivity contribution is -0.164. The number of aliphatic hydroxyl groups excluding tert-OH is 1. The zero-order valence-corrected chi connectivity index (χ0v) is 6.46. The largest absolute Gasteiger partial charge is 0.390 e. The number of carbonyl (C=O) groups is 2. The summed E-state index contributed by atoms with van der Waals surface area (Å²) in [5, 5.41) is 11.1. The van der Waals surface area contributed by atoms with Crippen LogP contribution in [-0.2, 0) is 14.3 Å². The highest BCUT2D eigenvalue weighted by molar-refractivity contribution is 5.88. The van der Waals surface area contributed by atoms with Gasteiger partial charge in [-0.25, -0.2) is 4.79 Å². The van der Waals surface area contributed by atoms with Gasteiger partial charge >= 0.3 is 11.9 Å². The molecule has 5 nitrogen and oxygen atoms in total. The zero-order valence-electron chi connectivity index (χ0n) is 6.46. The van der Waals surface area contributed by atoms with Crippen LogP contribution in [0.3, 0.4) is 0 Å². The Labute approximate surface area is 64.3 Å². The number of hydrogen-bond donors (Lipinski definition) is 2. The highest BCUT2D eigenvalue weighted by Crippen LogP contribution is 1.86. The third kappa shape index (κ3) is 4.46. The molecule has 0 heterocycles. The van der Waals surface area contributed by atoms with Crippen LogP contribution < -0.4 is 5.32 Å². The minimum Gasteiger partial charge on any atom is -0.390 e. The van der Waals surface area contributed by atoms with Crippen molar-refractivity contribution in [3.05, 3.63) is 0 Å². The molecule has 0 rings (SSSR count). The van der Waals surface area contributed by atoms with Crippen LogP contribution >= 0.6 is 0 Å². The van der Waals surface area contributed by atoms with Crippen molar-refractivity contribution in [2.24, 2.45) is 0 Å². The summed E-state index contributed by atoms with van der Waals surface area (Å²) in [4.78, 5) is 21.0. The summed E-state index contributed by atoms with van der Waals surface area (Å²) in [6, 6.07) is 0. The van der Waals surface area contributed by atoms with Crippen molar-refractivity contribution in [3.8, 4) is 0 Å². The van der Waals surface area contributed by atoms with Crippen LogP contribution in [0, 0.1) is 0 Å². The summed E-state index contributed by atoms with van der Waals surface area (Å²) < 4.78 is 4.16. The smallest absolute Gasteiger partial charge is 0.342 e. The zero-order chi connectivity index (χ0) is 8.85. The van der Waals surface area contributed by atoms with E-state index in [-0.39, 0.29) is 6.54 Å². The van der Waals surface area contributed by atoms with Crippen LogP contribution in [0.1, 0.15) is 6.92 Å². The third-order valence-electron chi connectivity index (χ3n) is 0.877. The molecular weight excluding hydrogens is 150 g/mol. The number of likely N-dealkylation sites (N-methyl/N-ethyl adjacent to an activating group) is 1. The average molecular weight is 161 g/mol. The molecule has 5 heteroatoms. The quantitative estimate of drug-likeness (QED) is 0.395. The predicted octanol–water partition coefficient (Wildman–Crippen LogP) is -1.34. The number of aliphatic hydroxyl groups is 1. The summed E-state index contributed by atoms with van der Waals surface area (Å²) >= 11 is 0. The molecule has 0 saturated heterocycles. The maximum absolute atomic E-state index is 10.5. The van der Waals surface area contributed by atoms with E-state index in [0.29, 0.717) is 0 Å². The first-order chi connectivity index (χ1) is 5.07. The van der Waals surface area contributed by atoms with E-state index in [4.69, 9.17) is 5.11 Å². The van der Waals surface area contributed by atoms with E-state index in [2.05, 4.69) is 10.1 Å². The van der Waals surface area contributed by atoms with Crippen molar-refractivity contribution in [2.75, 3.05) is 13.6 Å². The maximum atomic E-state index is 10.5. The van der Waals surface area contributed by atoms with E-state index in [1.807, 2.05) is 0 Å². The van der Waals surface area contributed by atoms with Gasteiger partial charge in [-0.3, -0.25) is 4.79 Å². The van der Waals surface area contributed by atoms with Crippen LogP contribution in [0.5, 0.6) is 0 Å². The van der Waals surface area contributed by atoms with Gasteiger partial charge in [0.2, 0.25) is 0 Å². The van der Waals surface area contributed by atoms with Crippen LogP contribution in [0.15, 0.2) is 0 Å². The van der Waals surface area contributed by atoms with E-state index >= 15 is 0 Å². The Morgan fingerprint density at radius 2 is 2.18 bits per heavy atom. The number of nitrogens with one attached hydrogen (secondary N) is 1. The van der Waals surface area contributed by atoms with Crippen molar-refractivity contribution in [1.82, 2.24) is 5.32 Å². The first kappa shape index (κ1) is 10.1. The molecule has 64 valence electrons. The second kappa shape index (κ2) is 4.81. The van der Waals surface area contributed by atoms with Crippen molar-refractivity contribution >= 4 is 11.9 Å². The second-order valence-electron chi connectivity index (χ2n) is 2.00. The van der Waals surface area contributed by atoms with Crippen molar-refractivity contribution in [2.45, 2.75) is 13.0 Å². The van der Waals surface area contributed by atoms with Gasteiger partial charge in [-0.15, -0.1) is 0 Å². The van der Waals surface area contributed by atoms with E-state index in [1.54, 1.807) is 7.05 Å². The summed E-state index contributed by atoms with van der Waals surface area (Å²) in [5.41, 5.74) is 0. The van der Waals surface area contributed by atoms with Gasteiger partial charge in [-0.1, -0.05) is 0 Å². The van der Waals surface area contributed by atoms with Crippen LogP contribution in [-0.4, -0.2) is 36.7 Å². The highest BCUT2D eigenvalue weighted by Gasteiger charge is 2.14. The molecule has 0 bridgehead atoms. The van der Waals surface area contributed by atoms with Crippen LogP contribution in [0.25, 0.3) is 0 Å². The molecule has 0 aromatic rings. The number of carbonyl (C=O) groups excluding carboxylic acids is 2. The topological polar surface area (TPSA) is 75.6 Å². The SMILES string of the molecule is CNCC(=O)OC(=O)C(C)O. The normalized spacial score (nSPS) is 12.3. The van der Waals surface area contributed by atoms with Crippen LogP contribution in [0.4, 0.5) is 0 Å². The molecule has 0 radical (unpaired) electrons. The molecule has 0 saturated carbocycles. The summed E-state index contributed by atoms with van der Waals surface area (Å²) in [6.45, 7) is 1.19. The molecule has 11 heavy (non-hydrogen) atoms. The Balaban J connectivity index is 3.67. The molecule has 0 aliphatic carbocycles. The van der Waals surface area contributed by atoms with Crippen LogP contribution in [0.2, 0.25) is 0 Å². The molecule has 0 fully saturated rings. The lowest BCUT2D eigenvalue weighted by Crippen LogP contribution is -2.28. The Hall–Kier alpha value is -0.940. The maximum Gasteiger partial charge on any atom is 0.342 e. The molecule has 1 atom stereocenters. The van der Waals surface area contributed by atoms with Gasteiger partial charge in [0.25, 0.3) is 0 Å². The average Bonchev–Trinajstić information content (AvgIpc) is 1.87. The third-order valence-corrected chi connectivity index (χ3v) is 0.877. The minimum absolute atomic E-state index is 0.0432. The van der Waals surface area contributed by atoms with E-state index in [9.17, 15) is 9.59 Å². The molecule has 0 aliphatic heterocycles. The van der Waals surface area contributed by atoms with E-state index in [1.165, 1.54) is 6.92 Å². The van der Waals surface area contributed by atoms with Gasteiger partial charge in [0.05, 0.1) is 6.54 Å². The molecular formula is C6H11NO4. The van der Waals surface area contributed by atoms with Gasteiger partial charge < -0.3 is 15.2 Å². The highest BCUT2D eigenvalue weighted by atomic mass is 16.6. The summed E-state index contributed by atoms with van der Waals surface area (Å²) in [5.74, 6) is -1.62. The number of ether oxygens (including phenoxy) is 1. The first-order valence-electron chi connectivity index (χ1n) is 3.15. The fourth-order valence-electron chi connectivity index (χ4n) is 0.378. The van der Waals surface area contributed by atoms with Gasteiger partial charge in [0.15, 0.2) is 0 Å². The second-order valence-corrected chi connectivity index (χ2v) is 2.00. The van der Waals surface area contributed by atoms with E-state index in [0.717, 1.165) is 0 Å². The Kier molecular flexibility index (Phi) is 4.40. The summed E-state index contributed by atoms with van der Waals surface area (Å²) in [6.07, 6.45) is -1.25. The van der Waals surface area contributed by atoms with Crippen molar-refractivity contribution in [3.63, 3.8) is 0 Å². The molecule has 0 spiro atoms. The summed E-state index contributed by atoms with van der Waals surface area (Å²) in [7, 11) is 1.55. The molecule has 0 aromatic heterocycles. The number of esters is 2. The van der Waals surface area contributed by atoms with Crippen molar-refractivity contribution < 1.29 is 19.4 Å². The standard InChI is InChI=1S/C6H11NO4/c1-4(8)6(10)11-5(9)3-7-2/h4,7-8H,3H2,1-2H3. The number of hydrogen-bond acceptors (Lipinski definition) is 5. The monoisotopic (exact) mass is 161 g/mol. The van der Waals surface area contributed by atoms with E-state index < -0.39 is 18.0 Å². The fraction of sp³-hybridized carbons (Fsp3) is 0.667. The predicted molar refractivity (Wildman–Crippen MR) is 36.7 cm³/mol. The Bertz CT molecular complexity index is 155. The van der Waals surface area contributed by atoms with Gasteiger partial charge in [-0.05, 0) is 14.0 Å². The Morgan fingerprint density at radius 3 is 2.55 bits per heavy atom. The first-order valence-corrected chi connectivity index (χ1v) is 3.15. The van der Waals surface area contributed by atoms with Gasteiger partial charge in [0.1, 0.15) is 6.10 Å². The molecule has 0 amide bonds. The Morgan fingerprint density at radius 1 is 1.64 bits per heavy atom. The van der Waals surface area contributed by atoms with Crippen molar-refractivity contribution in [1.29, 1.82) is 0 Å². The lowest BCUT2D eigenvalue weighted by Gasteiger charge is -2.03. The lowest BCUT2D eigenvalue weighted by atomic mass is 10.4. The van der Waals surface area contributed by atoms with Gasteiger partial charge in [0, 0.05) is 0 Å². The molecule has 0 aromatic carbocycles.